The second kappa shape index (κ2) is 14.2. The van der Waals surface area contributed by atoms with Gasteiger partial charge in [0.15, 0.2) is 11.5 Å². The predicted octanol–water partition coefficient (Wildman–Crippen LogP) is 4.38. The SMILES string of the molecule is CCOc1cc(C(Nc2ccc(C(=N)N)c(OC(=O)C(F)(F)F)c2)C(=O)NNC(=O)c2ccccc2F)ccc1OC(C)C. The van der Waals surface area contributed by atoms with Crippen LogP contribution >= 0.6 is 0 Å². The molecule has 3 aromatic rings. The van der Waals surface area contributed by atoms with Gasteiger partial charge in [-0.1, -0.05) is 18.2 Å². The standard InChI is InChI=1S/C29H29F4N5O6/c1-4-42-23-13-16(9-12-21(23)43-15(2)3)24(27(40)38-37-26(39)18-7-5-6-8-20(18)30)36-17-10-11-19(25(34)35)22(14-17)44-28(41)29(31,32)33/h5-15,24,36H,4H2,1-3H3,(H3,34,35)(H,37,39)(H,38,40). The first-order chi connectivity index (χ1) is 20.7. The quantitative estimate of drug-likeness (QED) is 0.0527. The van der Waals surface area contributed by atoms with Gasteiger partial charge in [0.1, 0.15) is 23.4 Å². The van der Waals surface area contributed by atoms with E-state index in [4.69, 9.17) is 20.6 Å². The summed E-state index contributed by atoms with van der Waals surface area (Å²) in [4.78, 5) is 37.5. The molecule has 11 nitrogen and oxygen atoms in total. The lowest BCUT2D eigenvalue weighted by molar-refractivity contribution is -0.189. The van der Waals surface area contributed by atoms with Crippen LogP contribution in [0.2, 0.25) is 0 Å². The molecule has 0 aliphatic heterocycles. The number of benzene rings is 3. The van der Waals surface area contributed by atoms with Gasteiger partial charge in [-0.25, -0.2) is 9.18 Å². The van der Waals surface area contributed by atoms with Crippen LogP contribution in [0.3, 0.4) is 0 Å². The minimum atomic E-state index is -5.34. The monoisotopic (exact) mass is 619 g/mol. The number of amidine groups is 1. The smallest absolute Gasteiger partial charge is 0.490 e. The van der Waals surface area contributed by atoms with Crippen molar-refractivity contribution in [2.24, 2.45) is 5.73 Å². The normalized spacial score (nSPS) is 11.7. The fourth-order valence-electron chi connectivity index (χ4n) is 3.77. The van der Waals surface area contributed by atoms with Gasteiger partial charge in [-0.2, -0.15) is 13.2 Å². The number of esters is 1. The number of ether oxygens (including phenoxy) is 3. The summed E-state index contributed by atoms with van der Waals surface area (Å²) in [5.41, 5.74) is 9.29. The first-order valence-corrected chi connectivity index (χ1v) is 13.0. The van der Waals surface area contributed by atoms with Crippen LogP contribution < -0.4 is 36.1 Å². The van der Waals surface area contributed by atoms with E-state index in [0.717, 1.165) is 18.2 Å². The van der Waals surface area contributed by atoms with E-state index in [1.165, 1.54) is 42.5 Å². The second-order valence-corrected chi connectivity index (χ2v) is 9.32. The van der Waals surface area contributed by atoms with Crippen molar-refractivity contribution >= 4 is 29.3 Å². The van der Waals surface area contributed by atoms with Gasteiger partial charge in [0.05, 0.1) is 23.8 Å². The average molecular weight is 620 g/mol. The molecule has 234 valence electrons. The number of nitrogens with one attached hydrogen (secondary N) is 4. The molecule has 2 amide bonds. The Kier molecular flexibility index (Phi) is 10.7. The Hall–Kier alpha value is -5.34. The Labute approximate surface area is 249 Å². The molecule has 0 saturated heterocycles. The molecule has 3 rings (SSSR count). The Balaban J connectivity index is 2.01. The van der Waals surface area contributed by atoms with Crippen LogP contribution in [0.15, 0.2) is 60.7 Å². The summed E-state index contributed by atoms with van der Waals surface area (Å²) < 4.78 is 68.7. The van der Waals surface area contributed by atoms with E-state index in [-0.39, 0.29) is 40.8 Å². The molecule has 0 radical (unpaired) electrons. The summed E-state index contributed by atoms with van der Waals surface area (Å²) in [6, 6.07) is 11.5. The number of nitrogen functional groups attached to an aromatic ring is 1. The van der Waals surface area contributed by atoms with Gasteiger partial charge in [0, 0.05) is 11.8 Å². The predicted molar refractivity (Wildman–Crippen MR) is 151 cm³/mol. The fourth-order valence-corrected chi connectivity index (χ4v) is 3.77. The number of carbonyl (C=O) groups is 3. The lowest BCUT2D eigenvalue weighted by atomic mass is 10.0. The van der Waals surface area contributed by atoms with E-state index < -0.39 is 47.4 Å². The van der Waals surface area contributed by atoms with Crippen molar-refractivity contribution in [3.05, 3.63) is 83.2 Å². The summed E-state index contributed by atoms with van der Waals surface area (Å²) in [5, 5.41) is 10.4. The summed E-state index contributed by atoms with van der Waals surface area (Å²) in [7, 11) is 0. The maximum atomic E-state index is 14.1. The molecular formula is C29H29F4N5O6. The number of rotatable bonds is 11. The van der Waals surface area contributed by atoms with Gasteiger partial charge >= 0.3 is 12.1 Å². The molecule has 15 heteroatoms. The van der Waals surface area contributed by atoms with Crippen molar-refractivity contribution in [3.63, 3.8) is 0 Å². The number of anilines is 1. The van der Waals surface area contributed by atoms with E-state index in [9.17, 15) is 31.9 Å². The Morgan fingerprint density at radius 2 is 1.64 bits per heavy atom. The largest absolute Gasteiger partial charge is 0.491 e. The van der Waals surface area contributed by atoms with Gasteiger partial charge < -0.3 is 25.3 Å². The number of alkyl halides is 3. The zero-order chi connectivity index (χ0) is 32.6. The summed E-state index contributed by atoms with van der Waals surface area (Å²) in [6.45, 7) is 5.56. The summed E-state index contributed by atoms with van der Waals surface area (Å²) in [5.74, 6) is -5.99. The zero-order valence-corrected chi connectivity index (χ0v) is 23.7. The minimum Gasteiger partial charge on any atom is -0.490 e. The first kappa shape index (κ1) is 33.2. The summed E-state index contributed by atoms with van der Waals surface area (Å²) in [6.07, 6.45) is -5.56. The van der Waals surface area contributed by atoms with Crippen molar-refractivity contribution in [1.82, 2.24) is 10.9 Å². The average Bonchev–Trinajstić information content (AvgIpc) is 2.95. The molecule has 0 fully saturated rings. The van der Waals surface area contributed by atoms with E-state index in [0.29, 0.717) is 5.75 Å². The number of hydrazine groups is 1. The fraction of sp³-hybridized carbons (Fsp3) is 0.241. The number of hydrogen-bond donors (Lipinski definition) is 5. The number of halogens is 4. The third-order valence-corrected chi connectivity index (χ3v) is 5.66. The molecule has 44 heavy (non-hydrogen) atoms. The Bertz CT molecular complexity index is 1550. The zero-order valence-electron chi connectivity index (χ0n) is 23.7. The first-order valence-electron chi connectivity index (χ1n) is 13.0. The molecule has 1 unspecified atom stereocenters. The third kappa shape index (κ3) is 8.59. The van der Waals surface area contributed by atoms with Crippen molar-refractivity contribution in [1.29, 1.82) is 5.41 Å². The minimum absolute atomic E-state index is 0.0407. The molecule has 0 bridgehead atoms. The maximum absolute atomic E-state index is 14.1. The van der Waals surface area contributed by atoms with Crippen molar-refractivity contribution in [2.75, 3.05) is 11.9 Å². The van der Waals surface area contributed by atoms with E-state index >= 15 is 0 Å². The second-order valence-electron chi connectivity index (χ2n) is 9.32. The van der Waals surface area contributed by atoms with Gasteiger partial charge in [0.2, 0.25) is 0 Å². The number of carbonyl (C=O) groups excluding carboxylic acids is 3. The lowest BCUT2D eigenvalue weighted by Crippen LogP contribution is -2.45. The van der Waals surface area contributed by atoms with Crippen LogP contribution in [0.5, 0.6) is 17.2 Å². The van der Waals surface area contributed by atoms with Crippen LogP contribution in [0.4, 0.5) is 23.2 Å². The maximum Gasteiger partial charge on any atom is 0.491 e. The number of hydrogen-bond acceptors (Lipinski definition) is 8. The summed E-state index contributed by atoms with van der Waals surface area (Å²) >= 11 is 0. The van der Waals surface area contributed by atoms with Crippen LogP contribution in [-0.4, -0.2) is 42.5 Å². The molecule has 0 aliphatic carbocycles. The van der Waals surface area contributed by atoms with Crippen LogP contribution in [0, 0.1) is 11.2 Å². The molecule has 0 spiro atoms. The molecule has 0 saturated carbocycles. The van der Waals surface area contributed by atoms with Gasteiger partial charge in [0.25, 0.3) is 11.8 Å². The number of nitrogens with two attached hydrogens (primary N) is 1. The molecule has 6 N–H and O–H groups in total. The molecule has 1 atom stereocenters. The van der Waals surface area contributed by atoms with Crippen LogP contribution in [0.1, 0.15) is 48.3 Å². The molecule has 0 aromatic heterocycles. The number of amides is 2. The van der Waals surface area contributed by atoms with Crippen molar-refractivity contribution in [2.45, 2.75) is 39.1 Å². The van der Waals surface area contributed by atoms with Gasteiger partial charge in [-0.3, -0.25) is 25.8 Å². The van der Waals surface area contributed by atoms with Crippen molar-refractivity contribution < 1.29 is 46.2 Å². The lowest BCUT2D eigenvalue weighted by Gasteiger charge is -2.23. The van der Waals surface area contributed by atoms with Crippen LogP contribution in [-0.2, 0) is 9.59 Å². The highest BCUT2D eigenvalue weighted by Crippen LogP contribution is 2.34. The van der Waals surface area contributed by atoms with Crippen molar-refractivity contribution in [3.8, 4) is 17.2 Å². The topological polar surface area (TPSA) is 165 Å². The third-order valence-electron chi connectivity index (χ3n) is 5.66. The van der Waals surface area contributed by atoms with Crippen LogP contribution in [0.25, 0.3) is 0 Å². The van der Waals surface area contributed by atoms with E-state index in [1.54, 1.807) is 20.8 Å². The highest BCUT2D eigenvalue weighted by molar-refractivity contribution is 5.99. The van der Waals surface area contributed by atoms with Gasteiger partial charge in [-0.05, 0) is 62.7 Å². The Morgan fingerprint density at radius 1 is 0.932 bits per heavy atom. The molecular weight excluding hydrogens is 590 g/mol. The molecule has 0 heterocycles. The van der Waals surface area contributed by atoms with E-state index in [2.05, 4.69) is 20.9 Å². The molecule has 0 aliphatic rings. The van der Waals surface area contributed by atoms with Gasteiger partial charge in [-0.15, -0.1) is 0 Å². The highest BCUT2D eigenvalue weighted by Gasteiger charge is 2.42. The molecule has 3 aromatic carbocycles. The Morgan fingerprint density at radius 3 is 2.25 bits per heavy atom. The van der Waals surface area contributed by atoms with E-state index in [1.807, 2.05) is 0 Å². The highest BCUT2D eigenvalue weighted by atomic mass is 19.4.